The summed E-state index contributed by atoms with van der Waals surface area (Å²) in [6, 6.07) is 11.4. The first-order valence-electron chi connectivity index (χ1n) is 5.87. The minimum absolute atomic E-state index is 0.293. The fourth-order valence-electron chi connectivity index (χ4n) is 1.82. The number of nitrogens with one attached hydrogen (secondary N) is 1. The van der Waals surface area contributed by atoms with Crippen molar-refractivity contribution in [1.82, 2.24) is 0 Å². The molecule has 0 heterocycles. The molecule has 0 fully saturated rings. The molecule has 0 aliphatic heterocycles. The second kappa shape index (κ2) is 5.36. The number of benzene rings is 2. The van der Waals surface area contributed by atoms with E-state index in [1.165, 1.54) is 24.3 Å². The van der Waals surface area contributed by atoms with Crippen molar-refractivity contribution >= 4 is 5.90 Å². The average Bonchev–Trinajstić information content (AvgIpc) is 2.39. The number of rotatable bonds is 3. The molecular formula is C15H11F3NO-. The Morgan fingerprint density at radius 3 is 1.75 bits per heavy atom. The second-order valence-electron chi connectivity index (χ2n) is 4.40. The van der Waals surface area contributed by atoms with E-state index in [4.69, 9.17) is 5.41 Å². The highest BCUT2D eigenvalue weighted by atomic mass is 19.4. The number of hydrogen-bond acceptors (Lipinski definition) is 2. The van der Waals surface area contributed by atoms with Gasteiger partial charge in [-0.2, -0.15) is 13.2 Å². The van der Waals surface area contributed by atoms with Crippen molar-refractivity contribution in [1.29, 1.82) is 5.41 Å². The molecule has 0 atom stereocenters. The van der Waals surface area contributed by atoms with Gasteiger partial charge in [-0.1, -0.05) is 36.4 Å². The topological polar surface area (TPSA) is 46.9 Å². The molecule has 2 rings (SSSR count). The van der Waals surface area contributed by atoms with Crippen LogP contribution in [0.1, 0.15) is 22.3 Å². The van der Waals surface area contributed by atoms with E-state index in [0.717, 1.165) is 23.3 Å². The van der Waals surface area contributed by atoms with Gasteiger partial charge in [0.2, 0.25) is 0 Å². The van der Waals surface area contributed by atoms with Gasteiger partial charge in [0.15, 0.2) is 0 Å². The highest BCUT2D eigenvalue weighted by molar-refractivity contribution is 5.87. The average molecular weight is 278 g/mol. The molecule has 0 aliphatic carbocycles. The number of alkyl halides is 3. The van der Waals surface area contributed by atoms with E-state index in [0.29, 0.717) is 12.0 Å². The number of halogens is 3. The maximum Gasteiger partial charge on any atom is 0.416 e. The highest BCUT2D eigenvalue weighted by Gasteiger charge is 2.29. The molecular weight excluding hydrogens is 267 g/mol. The lowest BCUT2D eigenvalue weighted by atomic mass is 10.0. The van der Waals surface area contributed by atoms with Crippen LogP contribution >= 0.6 is 0 Å². The summed E-state index contributed by atoms with van der Waals surface area (Å²) in [4.78, 5) is 0. The Labute approximate surface area is 114 Å². The van der Waals surface area contributed by atoms with Gasteiger partial charge in [-0.3, -0.25) is 0 Å². The largest absolute Gasteiger partial charge is 0.859 e. The maximum atomic E-state index is 12.4. The zero-order chi connectivity index (χ0) is 14.8. The summed E-state index contributed by atoms with van der Waals surface area (Å²) in [5, 5.41) is 17.8. The Balaban J connectivity index is 2.12. The monoisotopic (exact) mass is 278 g/mol. The van der Waals surface area contributed by atoms with Crippen LogP contribution in [0.3, 0.4) is 0 Å². The molecule has 1 N–H and O–H groups in total. The summed E-state index contributed by atoms with van der Waals surface area (Å²) in [6.07, 6.45) is -3.85. The summed E-state index contributed by atoms with van der Waals surface area (Å²) in [7, 11) is 0. The molecule has 0 radical (unpaired) electrons. The minimum atomic E-state index is -4.32. The zero-order valence-electron chi connectivity index (χ0n) is 10.4. The Kier molecular flexibility index (Phi) is 3.79. The van der Waals surface area contributed by atoms with Crippen molar-refractivity contribution in [2.75, 3.05) is 0 Å². The van der Waals surface area contributed by atoms with Crippen LogP contribution in [0.2, 0.25) is 0 Å². The lowest BCUT2D eigenvalue weighted by molar-refractivity contribution is -0.214. The molecule has 0 unspecified atom stereocenters. The highest BCUT2D eigenvalue weighted by Crippen LogP contribution is 2.29. The molecule has 104 valence electrons. The lowest BCUT2D eigenvalue weighted by Gasteiger charge is -2.09. The van der Waals surface area contributed by atoms with Crippen LogP contribution in [0.4, 0.5) is 13.2 Å². The van der Waals surface area contributed by atoms with Crippen molar-refractivity contribution < 1.29 is 18.3 Å². The first-order chi connectivity index (χ1) is 9.36. The van der Waals surface area contributed by atoms with Gasteiger partial charge in [-0.05, 0) is 41.1 Å². The zero-order valence-corrected chi connectivity index (χ0v) is 10.4. The third-order valence-electron chi connectivity index (χ3n) is 2.91. The van der Waals surface area contributed by atoms with Crippen molar-refractivity contribution in [3.05, 3.63) is 70.8 Å². The first kappa shape index (κ1) is 14.1. The SMILES string of the molecule is N=C([O-])c1ccc(Cc2ccc(C(F)(F)F)cc2)cc1. The molecule has 2 aromatic carbocycles. The summed E-state index contributed by atoms with van der Waals surface area (Å²) in [5.41, 5.74) is 1.25. The lowest BCUT2D eigenvalue weighted by Crippen LogP contribution is -2.16. The smallest absolute Gasteiger partial charge is 0.416 e. The third-order valence-corrected chi connectivity index (χ3v) is 2.91. The fourth-order valence-corrected chi connectivity index (χ4v) is 1.82. The standard InChI is InChI=1S/C15H12F3NO/c16-15(17,18)13-7-3-11(4-8-13)9-10-1-5-12(6-2-10)14(19)20/h1-8H,9H2,(H2,19,20)/p-1. The molecule has 0 bridgehead atoms. The van der Waals surface area contributed by atoms with Gasteiger partial charge in [-0.15, -0.1) is 0 Å². The van der Waals surface area contributed by atoms with Crippen LogP contribution < -0.4 is 5.11 Å². The van der Waals surface area contributed by atoms with Crippen molar-refractivity contribution in [2.24, 2.45) is 0 Å². The van der Waals surface area contributed by atoms with E-state index in [-0.39, 0.29) is 0 Å². The number of hydrogen-bond donors (Lipinski definition) is 1. The third kappa shape index (κ3) is 3.38. The molecule has 0 spiro atoms. The van der Waals surface area contributed by atoms with Gasteiger partial charge in [0.25, 0.3) is 0 Å². The van der Waals surface area contributed by atoms with Gasteiger partial charge >= 0.3 is 6.18 Å². The van der Waals surface area contributed by atoms with Crippen molar-refractivity contribution in [2.45, 2.75) is 12.6 Å². The van der Waals surface area contributed by atoms with Crippen LogP contribution in [0.15, 0.2) is 48.5 Å². The van der Waals surface area contributed by atoms with E-state index in [9.17, 15) is 18.3 Å². The van der Waals surface area contributed by atoms with Crippen LogP contribution in [0.5, 0.6) is 0 Å². The summed E-state index contributed by atoms with van der Waals surface area (Å²) in [6.45, 7) is 0. The predicted octanol–water partition coefficient (Wildman–Crippen LogP) is 2.98. The van der Waals surface area contributed by atoms with Crippen LogP contribution in [-0.2, 0) is 12.6 Å². The Morgan fingerprint density at radius 1 is 0.900 bits per heavy atom. The van der Waals surface area contributed by atoms with Crippen LogP contribution in [0.25, 0.3) is 0 Å². The molecule has 0 aromatic heterocycles. The summed E-state index contributed by atoms with van der Waals surface area (Å²) >= 11 is 0. The van der Waals surface area contributed by atoms with Crippen LogP contribution in [-0.4, -0.2) is 5.90 Å². The van der Waals surface area contributed by atoms with E-state index in [2.05, 4.69) is 0 Å². The minimum Gasteiger partial charge on any atom is -0.859 e. The van der Waals surface area contributed by atoms with Gasteiger partial charge in [0.05, 0.1) is 5.56 Å². The van der Waals surface area contributed by atoms with Gasteiger partial charge in [0.1, 0.15) is 0 Å². The molecule has 0 aliphatic rings. The fraction of sp³-hybridized carbons (Fsp3) is 0.133. The predicted molar refractivity (Wildman–Crippen MR) is 67.5 cm³/mol. The Hall–Kier alpha value is -2.30. The van der Waals surface area contributed by atoms with Gasteiger partial charge in [0, 0.05) is 0 Å². The second-order valence-corrected chi connectivity index (χ2v) is 4.40. The molecule has 5 heteroatoms. The van der Waals surface area contributed by atoms with Crippen molar-refractivity contribution in [3.63, 3.8) is 0 Å². The molecule has 0 amide bonds. The Morgan fingerprint density at radius 2 is 1.35 bits per heavy atom. The quantitative estimate of drug-likeness (QED) is 0.681. The van der Waals surface area contributed by atoms with E-state index >= 15 is 0 Å². The molecule has 0 saturated heterocycles. The normalized spacial score (nSPS) is 11.3. The van der Waals surface area contributed by atoms with E-state index in [1.54, 1.807) is 12.1 Å². The Bertz CT molecular complexity index is 601. The maximum absolute atomic E-state index is 12.4. The molecule has 2 nitrogen and oxygen atoms in total. The van der Waals surface area contributed by atoms with Gasteiger partial charge < -0.3 is 10.5 Å². The van der Waals surface area contributed by atoms with Gasteiger partial charge in [-0.25, -0.2) is 0 Å². The summed E-state index contributed by atoms with van der Waals surface area (Å²) < 4.78 is 37.3. The van der Waals surface area contributed by atoms with Crippen LogP contribution in [0, 0.1) is 5.41 Å². The van der Waals surface area contributed by atoms with E-state index < -0.39 is 17.6 Å². The van der Waals surface area contributed by atoms with E-state index in [1.807, 2.05) is 0 Å². The first-order valence-corrected chi connectivity index (χ1v) is 5.87. The van der Waals surface area contributed by atoms with Crippen molar-refractivity contribution in [3.8, 4) is 0 Å². The molecule has 20 heavy (non-hydrogen) atoms. The summed E-state index contributed by atoms with van der Waals surface area (Å²) in [5.74, 6) is -0.758. The molecule has 2 aromatic rings. The molecule has 0 saturated carbocycles.